The zero-order chi connectivity index (χ0) is 13.9. The molecule has 0 saturated carbocycles. The van der Waals surface area contributed by atoms with Gasteiger partial charge in [-0.15, -0.1) is 10.2 Å². The first kappa shape index (κ1) is 13.5. The van der Waals surface area contributed by atoms with Gasteiger partial charge in [0.25, 0.3) is 0 Å². The molecule has 0 bridgehead atoms. The zero-order valence-electron chi connectivity index (χ0n) is 10.1. The molecule has 7 heteroatoms. The monoisotopic (exact) mass is 270 g/mol. The van der Waals surface area contributed by atoms with Gasteiger partial charge in [0, 0.05) is 12.1 Å². The minimum Gasteiger partial charge on any atom is -0.324 e. The van der Waals surface area contributed by atoms with Crippen LogP contribution in [0.15, 0.2) is 30.3 Å². The topological polar surface area (TPSA) is 56.7 Å². The number of para-hydroxylation sites is 1. The van der Waals surface area contributed by atoms with E-state index in [2.05, 4.69) is 10.2 Å². The highest BCUT2D eigenvalue weighted by Gasteiger charge is 2.28. The van der Waals surface area contributed by atoms with Crippen LogP contribution in [0.1, 0.15) is 18.1 Å². The first-order valence-corrected chi connectivity index (χ1v) is 5.76. The predicted octanol–water partition coefficient (Wildman–Crippen LogP) is 2.22. The Morgan fingerprint density at radius 3 is 2.26 bits per heavy atom. The molecule has 2 aromatic rings. The van der Waals surface area contributed by atoms with Gasteiger partial charge in [0.15, 0.2) is 5.82 Å². The summed E-state index contributed by atoms with van der Waals surface area (Å²) in [6.07, 6.45) is -5.36. The smallest absolute Gasteiger partial charge is 0.324 e. The van der Waals surface area contributed by atoms with Crippen LogP contribution in [0.3, 0.4) is 0 Å². The van der Waals surface area contributed by atoms with Gasteiger partial charge in [0.2, 0.25) is 0 Å². The summed E-state index contributed by atoms with van der Waals surface area (Å²) in [4.78, 5) is 0. The summed E-state index contributed by atoms with van der Waals surface area (Å²) in [7, 11) is 0. The molecule has 0 saturated heterocycles. The normalized spacial score (nSPS) is 11.8. The van der Waals surface area contributed by atoms with E-state index in [0.29, 0.717) is 11.5 Å². The Morgan fingerprint density at radius 1 is 1.05 bits per heavy atom. The van der Waals surface area contributed by atoms with Gasteiger partial charge >= 0.3 is 6.18 Å². The van der Waals surface area contributed by atoms with E-state index in [1.807, 2.05) is 6.07 Å². The summed E-state index contributed by atoms with van der Waals surface area (Å²) in [5.41, 5.74) is 6.25. The third-order valence-electron chi connectivity index (χ3n) is 2.63. The third-order valence-corrected chi connectivity index (χ3v) is 2.63. The van der Waals surface area contributed by atoms with Gasteiger partial charge in [-0.2, -0.15) is 13.2 Å². The Labute approximate surface area is 108 Å². The number of hydrogen-bond acceptors (Lipinski definition) is 3. The van der Waals surface area contributed by atoms with Crippen molar-refractivity contribution in [1.29, 1.82) is 0 Å². The molecule has 1 aromatic heterocycles. The van der Waals surface area contributed by atoms with Gasteiger partial charge in [-0.1, -0.05) is 18.2 Å². The van der Waals surface area contributed by atoms with Crippen molar-refractivity contribution in [3.8, 4) is 5.69 Å². The molecule has 0 spiro atoms. The lowest BCUT2D eigenvalue weighted by atomic mass is 10.2. The molecule has 0 aliphatic heterocycles. The zero-order valence-corrected chi connectivity index (χ0v) is 10.1. The van der Waals surface area contributed by atoms with Crippen molar-refractivity contribution in [3.05, 3.63) is 42.0 Å². The number of aromatic nitrogens is 3. The molecule has 2 N–H and O–H groups in total. The second kappa shape index (κ2) is 5.40. The fourth-order valence-electron chi connectivity index (χ4n) is 1.78. The largest absolute Gasteiger partial charge is 0.389 e. The number of halogens is 3. The maximum atomic E-state index is 12.3. The molecule has 0 atom stereocenters. The molecule has 102 valence electrons. The van der Waals surface area contributed by atoms with Gasteiger partial charge in [0.05, 0.1) is 13.0 Å². The number of rotatable bonds is 4. The van der Waals surface area contributed by atoms with Gasteiger partial charge < -0.3 is 5.73 Å². The van der Waals surface area contributed by atoms with Crippen molar-refractivity contribution < 1.29 is 13.2 Å². The van der Waals surface area contributed by atoms with Crippen LogP contribution < -0.4 is 5.73 Å². The summed E-state index contributed by atoms with van der Waals surface area (Å²) in [5.74, 6) is 0.715. The Hall–Kier alpha value is -1.89. The molecule has 0 unspecified atom stereocenters. The minimum absolute atomic E-state index is 0.119. The number of benzene rings is 1. The maximum absolute atomic E-state index is 12.3. The Balaban J connectivity index is 2.33. The number of hydrogen-bond donors (Lipinski definition) is 1. The molecule has 0 amide bonds. The van der Waals surface area contributed by atoms with Crippen LogP contribution in [0, 0.1) is 0 Å². The lowest BCUT2D eigenvalue weighted by molar-refractivity contribution is -0.134. The quantitative estimate of drug-likeness (QED) is 0.926. The predicted molar refractivity (Wildman–Crippen MR) is 63.6 cm³/mol. The summed E-state index contributed by atoms with van der Waals surface area (Å²) in [5, 5.41) is 7.63. The molecule has 1 heterocycles. The summed E-state index contributed by atoms with van der Waals surface area (Å²) in [6.45, 7) is 0.119. The molecule has 0 aliphatic rings. The van der Waals surface area contributed by atoms with E-state index in [-0.39, 0.29) is 18.8 Å². The average molecular weight is 270 g/mol. The van der Waals surface area contributed by atoms with Crippen molar-refractivity contribution >= 4 is 0 Å². The molecule has 0 fully saturated rings. The Bertz CT molecular complexity index is 534. The van der Waals surface area contributed by atoms with Gasteiger partial charge in [-0.05, 0) is 12.1 Å². The van der Waals surface area contributed by atoms with Crippen LogP contribution >= 0.6 is 0 Å². The lowest BCUT2D eigenvalue weighted by Crippen LogP contribution is -2.13. The fraction of sp³-hybridized carbons (Fsp3) is 0.333. The third kappa shape index (κ3) is 3.31. The highest BCUT2D eigenvalue weighted by Crippen LogP contribution is 2.23. The molecule has 0 radical (unpaired) electrons. The van der Waals surface area contributed by atoms with Gasteiger partial charge in [0.1, 0.15) is 5.82 Å². The van der Waals surface area contributed by atoms with Crippen molar-refractivity contribution in [1.82, 2.24) is 14.8 Å². The van der Waals surface area contributed by atoms with E-state index >= 15 is 0 Å². The Kier molecular flexibility index (Phi) is 3.84. The highest BCUT2D eigenvalue weighted by atomic mass is 19.4. The van der Waals surface area contributed by atoms with Crippen LogP contribution in [0.2, 0.25) is 0 Å². The van der Waals surface area contributed by atoms with Crippen LogP contribution in [0.5, 0.6) is 0 Å². The van der Waals surface area contributed by atoms with Gasteiger partial charge in [-0.25, -0.2) is 0 Å². The number of alkyl halides is 3. The molecule has 1 aromatic carbocycles. The standard InChI is InChI=1S/C12H13F3N4/c13-12(14,15)7-6-10-17-18-11(8-16)19(10)9-4-2-1-3-5-9/h1-5H,6-8,16H2. The fourth-order valence-corrected chi connectivity index (χ4v) is 1.78. The van der Waals surface area contributed by atoms with Crippen LogP contribution in [-0.2, 0) is 13.0 Å². The molecule has 19 heavy (non-hydrogen) atoms. The SMILES string of the molecule is NCc1nnc(CCC(F)(F)F)n1-c1ccccc1. The van der Waals surface area contributed by atoms with E-state index in [0.717, 1.165) is 0 Å². The van der Waals surface area contributed by atoms with Crippen molar-refractivity contribution in [2.75, 3.05) is 0 Å². The summed E-state index contributed by atoms with van der Waals surface area (Å²) in [6, 6.07) is 8.97. The average Bonchev–Trinajstić information content (AvgIpc) is 2.79. The second-order valence-corrected chi connectivity index (χ2v) is 4.02. The number of nitrogens with zero attached hydrogens (tertiary/aromatic N) is 3. The van der Waals surface area contributed by atoms with E-state index < -0.39 is 12.6 Å². The van der Waals surface area contributed by atoms with Crippen LogP contribution in [-0.4, -0.2) is 20.9 Å². The lowest BCUT2D eigenvalue weighted by Gasteiger charge is -2.10. The van der Waals surface area contributed by atoms with Gasteiger partial charge in [-0.3, -0.25) is 4.57 Å². The Morgan fingerprint density at radius 2 is 1.68 bits per heavy atom. The van der Waals surface area contributed by atoms with Crippen LogP contribution in [0.4, 0.5) is 13.2 Å². The van der Waals surface area contributed by atoms with Crippen molar-refractivity contribution in [3.63, 3.8) is 0 Å². The molecular formula is C12H13F3N4. The molecule has 4 nitrogen and oxygen atoms in total. The summed E-state index contributed by atoms with van der Waals surface area (Å²) < 4.78 is 38.4. The van der Waals surface area contributed by atoms with E-state index in [1.165, 1.54) is 0 Å². The molecule has 0 aliphatic carbocycles. The van der Waals surface area contributed by atoms with E-state index in [9.17, 15) is 13.2 Å². The van der Waals surface area contributed by atoms with E-state index in [4.69, 9.17) is 5.73 Å². The number of nitrogens with two attached hydrogens (primary N) is 1. The van der Waals surface area contributed by atoms with Crippen LogP contribution in [0.25, 0.3) is 5.69 Å². The van der Waals surface area contributed by atoms with Crippen molar-refractivity contribution in [2.45, 2.75) is 25.6 Å². The first-order valence-electron chi connectivity index (χ1n) is 5.76. The number of aryl methyl sites for hydroxylation is 1. The highest BCUT2D eigenvalue weighted by molar-refractivity contribution is 5.34. The second-order valence-electron chi connectivity index (χ2n) is 4.02. The minimum atomic E-state index is -4.21. The maximum Gasteiger partial charge on any atom is 0.389 e. The summed E-state index contributed by atoms with van der Waals surface area (Å²) >= 11 is 0. The van der Waals surface area contributed by atoms with E-state index in [1.54, 1.807) is 28.8 Å². The van der Waals surface area contributed by atoms with Crippen molar-refractivity contribution in [2.24, 2.45) is 5.73 Å². The molecule has 2 rings (SSSR count). The molecular weight excluding hydrogens is 257 g/mol. The first-order chi connectivity index (χ1) is 9.01.